The molecule has 19 heavy (non-hydrogen) atoms. The van der Waals surface area contributed by atoms with Crippen molar-refractivity contribution in [2.24, 2.45) is 5.41 Å². The van der Waals surface area contributed by atoms with Crippen LogP contribution in [0.2, 0.25) is 0 Å². The minimum absolute atomic E-state index is 0.0697. The zero-order valence-corrected chi connectivity index (χ0v) is 13.8. The SMILES string of the molecule is CCC(Br)C(=O)NC(CC(C)(C)C)c1ccccc1. The predicted octanol–water partition coefficient (Wildman–Crippen LogP) is 4.45. The average molecular weight is 326 g/mol. The summed E-state index contributed by atoms with van der Waals surface area (Å²) in [6.45, 7) is 8.59. The molecule has 106 valence electrons. The number of alkyl halides is 1. The van der Waals surface area contributed by atoms with Crippen LogP contribution in [0.1, 0.15) is 52.1 Å². The Morgan fingerprint density at radius 3 is 2.32 bits per heavy atom. The van der Waals surface area contributed by atoms with E-state index in [-0.39, 0.29) is 22.2 Å². The minimum Gasteiger partial charge on any atom is -0.348 e. The predicted molar refractivity (Wildman–Crippen MR) is 84.4 cm³/mol. The summed E-state index contributed by atoms with van der Waals surface area (Å²) in [5.74, 6) is 0.0700. The maximum atomic E-state index is 12.1. The smallest absolute Gasteiger partial charge is 0.234 e. The van der Waals surface area contributed by atoms with Crippen molar-refractivity contribution in [3.63, 3.8) is 0 Å². The van der Waals surface area contributed by atoms with Crippen LogP contribution in [0, 0.1) is 5.41 Å². The van der Waals surface area contributed by atoms with Crippen LogP contribution in [-0.4, -0.2) is 10.7 Å². The first-order valence-corrected chi connectivity index (χ1v) is 7.74. The van der Waals surface area contributed by atoms with Gasteiger partial charge in [0.15, 0.2) is 0 Å². The lowest BCUT2D eigenvalue weighted by Gasteiger charge is -2.28. The Morgan fingerprint density at radius 1 is 1.26 bits per heavy atom. The van der Waals surface area contributed by atoms with Crippen LogP contribution in [0.5, 0.6) is 0 Å². The van der Waals surface area contributed by atoms with E-state index in [2.05, 4.69) is 54.2 Å². The Balaban J connectivity index is 2.85. The van der Waals surface area contributed by atoms with Gasteiger partial charge in [0.2, 0.25) is 5.91 Å². The second-order valence-electron chi connectivity index (χ2n) is 6.11. The van der Waals surface area contributed by atoms with E-state index in [9.17, 15) is 4.79 Å². The molecule has 0 spiro atoms. The summed E-state index contributed by atoms with van der Waals surface area (Å²) in [4.78, 5) is 12.0. The highest BCUT2D eigenvalue weighted by Gasteiger charge is 2.23. The maximum absolute atomic E-state index is 12.1. The van der Waals surface area contributed by atoms with Crippen molar-refractivity contribution in [1.29, 1.82) is 0 Å². The average Bonchev–Trinajstić information content (AvgIpc) is 2.36. The van der Waals surface area contributed by atoms with Crippen LogP contribution in [0.15, 0.2) is 30.3 Å². The van der Waals surface area contributed by atoms with Crippen molar-refractivity contribution in [3.8, 4) is 0 Å². The third kappa shape index (κ3) is 5.77. The highest BCUT2D eigenvalue weighted by atomic mass is 79.9. The maximum Gasteiger partial charge on any atom is 0.234 e. The molecular weight excluding hydrogens is 302 g/mol. The second-order valence-corrected chi connectivity index (χ2v) is 7.22. The Labute approximate surface area is 125 Å². The molecule has 0 saturated carbocycles. The first-order chi connectivity index (χ1) is 8.83. The molecule has 1 aromatic rings. The lowest BCUT2D eigenvalue weighted by molar-refractivity contribution is -0.121. The van der Waals surface area contributed by atoms with Gasteiger partial charge in [0.1, 0.15) is 0 Å². The summed E-state index contributed by atoms with van der Waals surface area (Å²) in [6, 6.07) is 10.3. The summed E-state index contributed by atoms with van der Waals surface area (Å²) in [5.41, 5.74) is 1.34. The highest BCUT2D eigenvalue weighted by molar-refractivity contribution is 9.10. The summed E-state index contributed by atoms with van der Waals surface area (Å²) in [5, 5.41) is 3.15. The number of rotatable bonds is 5. The molecule has 3 heteroatoms. The van der Waals surface area contributed by atoms with Gasteiger partial charge in [-0.3, -0.25) is 4.79 Å². The summed E-state index contributed by atoms with van der Waals surface area (Å²) in [6.07, 6.45) is 1.72. The quantitative estimate of drug-likeness (QED) is 0.796. The highest BCUT2D eigenvalue weighted by Crippen LogP contribution is 2.29. The molecular formula is C16H24BrNO. The minimum atomic E-state index is -0.112. The molecule has 0 saturated heterocycles. The van der Waals surface area contributed by atoms with Gasteiger partial charge in [-0.1, -0.05) is 74.0 Å². The summed E-state index contributed by atoms with van der Waals surface area (Å²) >= 11 is 3.41. The zero-order chi connectivity index (χ0) is 14.5. The number of amides is 1. The summed E-state index contributed by atoms with van der Waals surface area (Å²) < 4.78 is 0. The molecule has 1 amide bonds. The Kier molecular flexibility index (Phi) is 6.05. The molecule has 1 N–H and O–H groups in total. The van der Waals surface area contributed by atoms with Gasteiger partial charge in [0, 0.05) is 0 Å². The number of hydrogen-bond acceptors (Lipinski definition) is 1. The van der Waals surface area contributed by atoms with Crippen molar-refractivity contribution < 1.29 is 4.79 Å². The van der Waals surface area contributed by atoms with E-state index in [4.69, 9.17) is 0 Å². The van der Waals surface area contributed by atoms with Crippen LogP contribution in [-0.2, 0) is 4.79 Å². The van der Waals surface area contributed by atoms with E-state index in [1.54, 1.807) is 0 Å². The van der Waals surface area contributed by atoms with Crippen molar-refractivity contribution in [3.05, 3.63) is 35.9 Å². The van der Waals surface area contributed by atoms with Gasteiger partial charge < -0.3 is 5.32 Å². The van der Waals surface area contributed by atoms with Gasteiger partial charge >= 0.3 is 0 Å². The molecule has 1 rings (SSSR count). The molecule has 0 aromatic heterocycles. The topological polar surface area (TPSA) is 29.1 Å². The largest absolute Gasteiger partial charge is 0.348 e. The second kappa shape index (κ2) is 7.09. The number of benzene rings is 1. The fraction of sp³-hybridized carbons (Fsp3) is 0.562. The number of hydrogen-bond donors (Lipinski definition) is 1. The van der Waals surface area contributed by atoms with E-state index >= 15 is 0 Å². The van der Waals surface area contributed by atoms with Crippen molar-refractivity contribution in [2.75, 3.05) is 0 Å². The lowest BCUT2D eigenvalue weighted by Crippen LogP contribution is -2.35. The van der Waals surface area contributed by atoms with Gasteiger partial charge in [-0.05, 0) is 23.8 Å². The molecule has 0 radical (unpaired) electrons. The van der Waals surface area contributed by atoms with Gasteiger partial charge in [-0.2, -0.15) is 0 Å². The third-order valence-electron chi connectivity index (χ3n) is 2.98. The molecule has 1 aromatic carbocycles. The van der Waals surface area contributed by atoms with Crippen LogP contribution in [0.4, 0.5) is 0 Å². The zero-order valence-electron chi connectivity index (χ0n) is 12.2. The lowest BCUT2D eigenvalue weighted by atomic mass is 9.85. The van der Waals surface area contributed by atoms with Gasteiger partial charge in [0.05, 0.1) is 10.9 Å². The number of carbonyl (C=O) groups is 1. The Bertz CT molecular complexity index is 397. The first-order valence-electron chi connectivity index (χ1n) is 6.83. The molecule has 0 aliphatic rings. The number of carbonyl (C=O) groups excluding carboxylic acids is 1. The molecule has 0 aliphatic carbocycles. The van der Waals surface area contributed by atoms with Crippen LogP contribution in [0.3, 0.4) is 0 Å². The molecule has 0 heterocycles. The van der Waals surface area contributed by atoms with E-state index in [1.165, 1.54) is 5.56 Å². The molecule has 2 nitrogen and oxygen atoms in total. The fourth-order valence-electron chi connectivity index (χ4n) is 2.00. The fourth-order valence-corrected chi connectivity index (χ4v) is 2.13. The number of halogens is 1. The normalized spacial score (nSPS) is 14.8. The van der Waals surface area contributed by atoms with Crippen molar-refractivity contribution in [2.45, 2.75) is 51.4 Å². The van der Waals surface area contributed by atoms with Gasteiger partial charge in [-0.25, -0.2) is 0 Å². The van der Waals surface area contributed by atoms with E-state index in [0.717, 1.165) is 12.8 Å². The third-order valence-corrected chi connectivity index (χ3v) is 4.04. The van der Waals surface area contributed by atoms with Crippen LogP contribution < -0.4 is 5.32 Å². The van der Waals surface area contributed by atoms with Gasteiger partial charge in [-0.15, -0.1) is 0 Å². The Morgan fingerprint density at radius 2 is 1.84 bits per heavy atom. The molecule has 0 bridgehead atoms. The van der Waals surface area contributed by atoms with E-state index in [0.29, 0.717) is 0 Å². The monoisotopic (exact) mass is 325 g/mol. The van der Waals surface area contributed by atoms with Crippen LogP contribution in [0.25, 0.3) is 0 Å². The summed E-state index contributed by atoms with van der Waals surface area (Å²) in [7, 11) is 0. The van der Waals surface area contributed by atoms with Crippen molar-refractivity contribution >= 4 is 21.8 Å². The standard InChI is InChI=1S/C16H24BrNO/c1-5-13(17)15(19)18-14(11-16(2,3)4)12-9-7-6-8-10-12/h6-10,13-14H,5,11H2,1-4H3,(H,18,19). The van der Waals surface area contributed by atoms with Crippen molar-refractivity contribution in [1.82, 2.24) is 5.32 Å². The Hall–Kier alpha value is -0.830. The van der Waals surface area contributed by atoms with E-state index in [1.807, 2.05) is 25.1 Å². The molecule has 2 atom stereocenters. The molecule has 2 unspecified atom stereocenters. The molecule has 0 fully saturated rings. The molecule has 0 aliphatic heterocycles. The van der Waals surface area contributed by atoms with Gasteiger partial charge in [0.25, 0.3) is 0 Å². The first kappa shape index (κ1) is 16.2. The van der Waals surface area contributed by atoms with E-state index < -0.39 is 0 Å². The van der Waals surface area contributed by atoms with Crippen LogP contribution >= 0.6 is 15.9 Å². The number of nitrogens with one attached hydrogen (secondary N) is 1.